The molecule has 0 radical (unpaired) electrons. The van der Waals surface area contributed by atoms with Gasteiger partial charge in [0.05, 0.1) is 28.9 Å². The Labute approximate surface area is 459 Å². The van der Waals surface area contributed by atoms with Crippen molar-refractivity contribution in [3.63, 3.8) is 0 Å². The Hall–Kier alpha value is -6.14. The first-order valence-electron chi connectivity index (χ1n) is 22.4. The fourth-order valence-electron chi connectivity index (χ4n) is 9.16. The van der Waals surface area contributed by atoms with Crippen LogP contribution in [0.4, 0.5) is 0 Å². The molecule has 11 rings (SSSR count). The molecular weight excluding hydrogens is 1240 g/mol. The maximum Gasteiger partial charge on any atom is 0.330 e. The van der Waals surface area contributed by atoms with Crippen LogP contribution in [0.15, 0.2) is 138 Å². The number of nitrogens with one attached hydrogen (secondary N) is 3. The number of ether oxygens (including phenoxy) is 2. The number of aromatic nitrogens is 9. The van der Waals surface area contributed by atoms with Crippen molar-refractivity contribution in [3.05, 3.63) is 177 Å². The first kappa shape index (κ1) is 51.2. The number of rotatable bonds is 8. The number of aromatic amines is 3. The number of pyridine rings is 3. The van der Waals surface area contributed by atoms with E-state index in [1.807, 2.05) is 96.3 Å². The summed E-state index contributed by atoms with van der Waals surface area (Å²) < 4.78 is 19.7. The minimum atomic E-state index is -0.880. The Morgan fingerprint density at radius 2 is 1.00 bits per heavy atom. The molecule has 360 valence electrons. The summed E-state index contributed by atoms with van der Waals surface area (Å²) in [6.07, 6.45) is 19.9. The van der Waals surface area contributed by atoms with E-state index in [1.54, 1.807) is 6.92 Å². The zero-order chi connectivity index (χ0) is 46.6. The fraction of sp³-hybridized carbons (Fsp3) is 0.167. The van der Waals surface area contributed by atoms with Gasteiger partial charge in [-0.2, -0.15) is 0 Å². The van der Waals surface area contributed by atoms with Crippen LogP contribution in [-0.2, 0) is 25.9 Å². The van der Waals surface area contributed by atoms with E-state index in [2.05, 4.69) is 99.9 Å². The molecule has 3 aliphatic rings. The predicted molar refractivity (Wildman–Crippen MR) is 260 cm³/mol. The van der Waals surface area contributed by atoms with E-state index in [0.717, 1.165) is 89.4 Å². The quantitative estimate of drug-likeness (QED) is 0.0984. The molecule has 0 saturated carbocycles. The summed E-state index contributed by atoms with van der Waals surface area (Å²) in [4.78, 5) is 45.3. The minimum Gasteiger partial charge on any atom is -1.00 e. The third kappa shape index (κ3) is 10.2. The number of aliphatic hydroxyl groups excluding tert-OH is 1. The minimum absolute atomic E-state index is 0. The second-order valence-corrected chi connectivity index (χ2v) is 17.5. The Morgan fingerprint density at radius 1 is 0.592 bits per heavy atom. The highest BCUT2D eigenvalue weighted by atomic mass is 127. The van der Waals surface area contributed by atoms with Crippen molar-refractivity contribution in [2.45, 2.75) is 31.8 Å². The van der Waals surface area contributed by atoms with Crippen LogP contribution < -0.4 is 102 Å². The monoisotopic (exact) mass is 1280 g/mol. The second kappa shape index (κ2) is 21.3. The lowest BCUT2D eigenvalue weighted by Gasteiger charge is -2.17. The zero-order valence-electron chi connectivity index (χ0n) is 39.0. The van der Waals surface area contributed by atoms with Crippen molar-refractivity contribution in [2.75, 3.05) is 6.61 Å². The zero-order valence-corrected chi connectivity index (χ0v) is 45.4. The fourth-order valence-corrected chi connectivity index (χ4v) is 9.16. The molecule has 14 nitrogen and oxygen atoms in total. The number of aryl methyl sites for hydroxylation is 4. The SMILES string of the molecule is Cc1cn([C@H]2C[C@H](O)[C@@H](COc3ccc(-c4c5ccc([nH]5)c(-c5cc[n+](C)cc5)c5nc(c(-c6cc[n+](C)cc6)c6nc(c(-c7cc[n+](C)cc7)c7ccc4[nH]7)C=C6)C=C5)cc3)O2)c(=O)[nH]c1=O.[I-].[I-].[I-]. The second-order valence-electron chi connectivity index (χ2n) is 17.5. The van der Waals surface area contributed by atoms with Crippen molar-refractivity contribution in [1.29, 1.82) is 0 Å². The number of fused-ring (bicyclic) bond motifs is 8. The highest BCUT2D eigenvalue weighted by Crippen LogP contribution is 2.38. The predicted octanol–water partition coefficient (Wildman–Crippen LogP) is -2.31. The first-order chi connectivity index (χ1) is 33.0. The van der Waals surface area contributed by atoms with E-state index in [1.165, 1.54) is 10.8 Å². The van der Waals surface area contributed by atoms with E-state index >= 15 is 0 Å². The van der Waals surface area contributed by atoms with E-state index in [9.17, 15) is 14.7 Å². The summed E-state index contributed by atoms with van der Waals surface area (Å²) in [7, 11) is 6.02. The van der Waals surface area contributed by atoms with Gasteiger partial charge in [-0.15, -0.1) is 0 Å². The van der Waals surface area contributed by atoms with Crippen LogP contribution in [0.3, 0.4) is 0 Å². The van der Waals surface area contributed by atoms with Crippen molar-refractivity contribution in [2.24, 2.45) is 21.1 Å². The average Bonchev–Trinajstić information content (AvgIpc) is 4.21. The average molecular weight is 1280 g/mol. The summed E-state index contributed by atoms with van der Waals surface area (Å²) in [5.74, 6) is 0.579. The summed E-state index contributed by atoms with van der Waals surface area (Å²) >= 11 is 0. The summed E-state index contributed by atoms with van der Waals surface area (Å²) in [6.45, 7) is 1.67. The van der Waals surface area contributed by atoms with Gasteiger partial charge in [0.15, 0.2) is 37.2 Å². The molecule has 1 aromatic carbocycles. The molecule has 0 aliphatic carbocycles. The van der Waals surface area contributed by atoms with Gasteiger partial charge in [0, 0.05) is 98.9 Å². The number of nitrogens with zero attached hydrogens (tertiary/aromatic N) is 6. The van der Waals surface area contributed by atoms with Gasteiger partial charge in [-0.3, -0.25) is 14.3 Å². The van der Waals surface area contributed by atoms with Crippen molar-refractivity contribution < 1.29 is 100 Å². The normalized spacial score (nSPS) is 15.7. The highest BCUT2D eigenvalue weighted by molar-refractivity contribution is 6.00. The summed E-state index contributed by atoms with van der Waals surface area (Å²) in [5.41, 5.74) is 13.9. The van der Waals surface area contributed by atoms with Crippen LogP contribution in [0.1, 0.15) is 41.0 Å². The van der Waals surface area contributed by atoms with Crippen LogP contribution >= 0.6 is 0 Å². The topological polar surface area (TPSA) is 163 Å². The highest BCUT2D eigenvalue weighted by Gasteiger charge is 2.36. The van der Waals surface area contributed by atoms with Gasteiger partial charge >= 0.3 is 5.69 Å². The van der Waals surface area contributed by atoms with Crippen LogP contribution in [0, 0.1) is 6.92 Å². The molecule has 7 aromatic heterocycles. The molecule has 3 atom stereocenters. The number of benzene rings is 1. The molecule has 17 heteroatoms. The van der Waals surface area contributed by atoms with Gasteiger partial charge in [-0.05, 0) is 89.9 Å². The lowest BCUT2D eigenvalue weighted by molar-refractivity contribution is -0.671. The number of aliphatic hydroxyl groups is 1. The van der Waals surface area contributed by atoms with Gasteiger partial charge in [0.1, 0.15) is 45.8 Å². The van der Waals surface area contributed by atoms with Gasteiger partial charge in [-0.25, -0.2) is 28.5 Å². The van der Waals surface area contributed by atoms with E-state index in [4.69, 9.17) is 19.4 Å². The van der Waals surface area contributed by atoms with Gasteiger partial charge in [-0.1, -0.05) is 12.1 Å². The molecule has 10 heterocycles. The molecule has 0 unspecified atom stereocenters. The van der Waals surface area contributed by atoms with Gasteiger partial charge in [0.25, 0.3) is 5.56 Å². The molecule has 4 N–H and O–H groups in total. The number of hydrogen-bond acceptors (Lipinski definition) is 7. The molecule has 71 heavy (non-hydrogen) atoms. The maximum atomic E-state index is 12.6. The number of hydrogen-bond donors (Lipinski definition) is 4. The Bertz CT molecular complexity index is 3500. The summed E-state index contributed by atoms with van der Waals surface area (Å²) in [6, 6.07) is 28.9. The van der Waals surface area contributed by atoms with Crippen LogP contribution in [-0.4, -0.2) is 53.4 Å². The first-order valence-corrected chi connectivity index (χ1v) is 22.4. The standard InChI is InChI=1S/C54H46N9O5.3HI/c1-32-30-63(54(66)59-53(32)65)48-29-46(64)47(68-48)31-67-37-7-5-33(6-8-37)49-38-9-11-40(55-38)50(34-17-23-60(2)24-18-34)42-13-15-44(57-42)52(36-21-27-62(4)28-22-36)45-16-14-43(58-45)51(41-12-10-39(49)56-41)35-19-25-61(3)26-20-35;;;/h5-28,30,46-48,64H,29,31H2,1-4H3,(H-,55,56,57,58,59,65,66);3*1H/q+1;;;/p-1/t46-,47+,48+;;;/m0.../s1. The molecule has 8 bridgehead atoms. The maximum absolute atomic E-state index is 12.6. The van der Waals surface area contributed by atoms with Crippen molar-refractivity contribution in [3.8, 4) is 50.3 Å². The number of halogens is 3. The van der Waals surface area contributed by atoms with Gasteiger partial charge < -0.3 is 96.5 Å². The smallest absolute Gasteiger partial charge is 0.330 e. The lowest BCUT2D eigenvalue weighted by atomic mass is 10.0. The molecule has 3 aliphatic heterocycles. The molecule has 0 amide bonds. The van der Waals surface area contributed by atoms with E-state index in [-0.39, 0.29) is 85.0 Å². The molecular formula is C54H48I3N9O5. The molecule has 8 aromatic rings. The van der Waals surface area contributed by atoms with E-state index < -0.39 is 29.7 Å². The Kier molecular flexibility index (Phi) is 15.4. The molecule has 0 spiro atoms. The molecule has 1 saturated heterocycles. The summed E-state index contributed by atoms with van der Waals surface area (Å²) in [5, 5.41) is 10.9. The third-order valence-electron chi connectivity index (χ3n) is 12.8. The Morgan fingerprint density at radius 3 is 1.46 bits per heavy atom. The molecule has 1 fully saturated rings. The van der Waals surface area contributed by atoms with Crippen LogP contribution in [0.5, 0.6) is 5.75 Å². The van der Waals surface area contributed by atoms with Crippen LogP contribution in [0.2, 0.25) is 0 Å². The number of H-pyrrole nitrogens is 3. The van der Waals surface area contributed by atoms with Crippen LogP contribution in [0.25, 0.3) is 90.9 Å². The Balaban J connectivity index is 0.00000225. The lowest BCUT2D eigenvalue weighted by Crippen LogP contribution is -3.00. The third-order valence-corrected chi connectivity index (χ3v) is 12.8. The van der Waals surface area contributed by atoms with E-state index in [0.29, 0.717) is 11.3 Å². The largest absolute Gasteiger partial charge is 1.00 e. The van der Waals surface area contributed by atoms with Crippen molar-refractivity contribution >= 4 is 46.4 Å². The van der Waals surface area contributed by atoms with Gasteiger partial charge in [0.2, 0.25) is 0 Å². The van der Waals surface area contributed by atoms with Crippen molar-refractivity contribution in [1.82, 2.24) is 29.5 Å².